The van der Waals surface area contributed by atoms with Crippen molar-refractivity contribution in [3.05, 3.63) is 77.9 Å². The van der Waals surface area contributed by atoms with Crippen LogP contribution < -0.4 is 20.3 Å². The van der Waals surface area contributed by atoms with Gasteiger partial charge in [0, 0.05) is 55.4 Å². The summed E-state index contributed by atoms with van der Waals surface area (Å²) in [6.45, 7) is 6.13. The molecule has 0 amide bonds. The fraction of sp³-hybridized carbons (Fsp3) is 0.200. The zero-order valence-electron chi connectivity index (χ0n) is 17.9. The van der Waals surface area contributed by atoms with Gasteiger partial charge in [-0.2, -0.15) is 0 Å². The van der Waals surface area contributed by atoms with E-state index in [4.69, 9.17) is 4.74 Å². The Kier molecular flexibility index (Phi) is 6.00. The molecule has 0 spiro atoms. The Hall–Kier alpha value is -3.42. The SMILES string of the molecule is Cc1nc(-c2ccccc2)c(Oc2ccnc(Nc3ccc(N4CCNCC4)cc3)c2)s1. The van der Waals surface area contributed by atoms with Crippen molar-refractivity contribution in [1.29, 1.82) is 0 Å². The molecule has 0 aliphatic carbocycles. The van der Waals surface area contributed by atoms with Gasteiger partial charge >= 0.3 is 0 Å². The Morgan fingerprint density at radius 2 is 1.78 bits per heavy atom. The van der Waals surface area contributed by atoms with Gasteiger partial charge in [0.05, 0.1) is 5.01 Å². The number of rotatable bonds is 6. The third-order valence-electron chi connectivity index (χ3n) is 5.31. The molecule has 1 aliphatic heterocycles. The van der Waals surface area contributed by atoms with Crippen molar-refractivity contribution in [3.8, 4) is 22.1 Å². The predicted octanol–water partition coefficient (Wildman–Crippen LogP) is 5.46. The van der Waals surface area contributed by atoms with Gasteiger partial charge in [0.1, 0.15) is 17.3 Å². The molecule has 0 atom stereocenters. The van der Waals surface area contributed by atoms with Gasteiger partial charge in [0.25, 0.3) is 0 Å². The summed E-state index contributed by atoms with van der Waals surface area (Å²) in [4.78, 5) is 11.5. The number of aryl methyl sites for hydroxylation is 1. The smallest absolute Gasteiger partial charge is 0.208 e. The van der Waals surface area contributed by atoms with Gasteiger partial charge in [0.2, 0.25) is 5.06 Å². The highest BCUT2D eigenvalue weighted by molar-refractivity contribution is 7.13. The fourth-order valence-electron chi connectivity index (χ4n) is 3.73. The Morgan fingerprint density at radius 1 is 1.00 bits per heavy atom. The van der Waals surface area contributed by atoms with Crippen LogP contribution in [0.1, 0.15) is 5.01 Å². The molecule has 0 unspecified atom stereocenters. The molecule has 32 heavy (non-hydrogen) atoms. The van der Waals surface area contributed by atoms with Crippen LogP contribution in [0.2, 0.25) is 0 Å². The lowest BCUT2D eigenvalue weighted by Crippen LogP contribution is -2.43. The lowest BCUT2D eigenvalue weighted by atomic mass is 10.2. The lowest BCUT2D eigenvalue weighted by Gasteiger charge is -2.29. The number of thiazole rings is 1. The molecule has 2 aromatic carbocycles. The summed E-state index contributed by atoms with van der Waals surface area (Å²) in [5, 5.41) is 8.52. The molecule has 5 rings (SSSR count). The van der Waals surface area contributed by atoms with Crippen LogP contribution in [0.15, 0.2) is 72.9 Å². The summed E-state index contributed by atoms with van der Waals surface area (Å²) in [5.41, 5.74) is 4.15. The van der Waals surface area contributed by atoms with Crippen LogP contribution >= 0.6 is 11.3 Å². The van der Waals surface area contributed by atoms with Gasteiger partial charge in [-0.25, -0.2) is 9.97 Å². The van der Waals surface area contributed by atoms with E-state index < -0.39 is 0 Å². The second-order valence-corrected chi connectivity index (χ2v) is 8.79. The van der Waals surface area contributed by atoms with E-state index in [1.165, 1.54) is 5.69 Å². The van der Waals surface area contributed by atoms with Gasteiger partial charge in [-0.15, -0.1) is 0 Å². The number of piperazine rings is 1. The number of nitrogens with zero attached hydrogens (tertiary/aromatic N) is 3. The number of pyridine rings is 1. The largest absolute Gasteiger partial charge is 0.444 e. The van der Waals surface area contributed by atoms with Gasteiger partial charge in [-0.3, -0.25) is 0 Å². The maximum atomic E-state index is 6.22. The molecule has 2 N–H and O–H groups in total. The number of anilines is 3. The predicted molar refractivity (Wildman–Crippen MR) is 131 cm³/mol. The Bertz CT molecular complexity index is 1170. The number of hydrogen-bond donors (Lipinski definition) is 2. The molecule has 0 radical (unpaired) electrons. The van der Waals surface area contributed by atoms with Crippen molar-refractivity contribution in [2.24, 2.45) is 0 Å². The molecule has 1 saturated heterocycles. The Labute approximate surface area is 191 Å². The van der Waals surface area contributed by atoms with Crippen LogP contribution in [-0.4, -0.2) is 36.1 Å². The van der Waals surface area contributed by atoms with E-state index in [0.717, 1.165) is 64.8 Å². The van der Waals surface area contributed by atoms with Gasteiger partial charge in [-0.05, 0) is 37.3 Å². The molecule has 0 bridgehead atoms. The molecular formula is C25H25N5OS. The highest BCUT2D eigenvalue weighted by Gasteiger charge is 2.14. The molecule has 2 aromatic heterocycles. The summed E-state index contributed by atoms with van der Waals surface area (Å²) in [5.74, 6) is 1.46. The quantitative estimate of drug-likeness (QED) is 0.413. The van der Waals surface area contributed by atoms with E-state index in [-0.39, 0.29) is 0 Å². The molecule has 162 valence electrons. The van der Waals surface area contributed by atoms with Crippen LogP contribution in [0.25, 0.3) is 11.3 Å². The first-order valence-electron chi connectivity index (χ1n) is 10.7. The summed E-state index contributed by atoms with van der Waals surface area (Å²) in [7, 11) is 0. The second kappa shape index (κ2) is 9.38. The maximum Gasteiger partial charge on any atom is 0.208 e. The summed E-state index contributed by atoms with van der Waals surface area (Å²) < 4.78 is 6.22. The third-order valence-corrected chi connectivity index (χ3v) is 6.16. The van der Waals surface area contributed by atoms with Gasteiger partial charge in [0.15, 0.2) is 0 Å². The average molecular weight is 444 g/mol. The van der Waals surface area contributed by atoms with Crippen molar-refractivity contribution in [3.63, 3.8) is 0 Å². The van der Waals surface area contributed by atoms with Crippen LogP contribution in [0, 0.1) is 6.92 Å². The standard InChI is InChI=1S/C25H25N5OS/c1-18-28-24(19-5-3-2-4-6-19)25(32-18)31-22-11-12-27-23(17-22)29-20-7-9-21(10-8-20)30-15-13-26-14-16-30/h2-12,17,26H,13-16H2,1H3,(H,27,29). The van der Waals surface area contributed by atoms with Crippen molar-refractivity contribution < 1.29 is 4.74 Å². The van der Waals surface area contributed by atoms with E-state index in [1.54, 1.807) is 17.5 Å². The van der Waals surface area contributed by atoms with E-state index in [1.807, 2.05) is 49.4 Å². The normalized spacial score (nSPS) is 13.7. The van der Waals surface area contributed by atoms with Gasteiger partial charge in [-0.1, -0.05) is 41.7 Å². The first-order valence-corrected chi connectivity index (χ1v) is 11.6. The highest BCUT2D eigenvalue weighted by Crippen LogP contribution is 2.38. The molecule has 1 aliphatic rings. The topological polar surface area (TPSA) is 62.3 Å². The Morgan fingerprint density at radius 3 is 2.56 bits per heavy atom. The van der Waals surface area contributed by atoms with E-state index in [2.05, 4.69) is 49.8 Å². The van der Waals surface area contributed by atoms with Gasteiger partial charge < -0.3 is 20.3 Å². The van der Waals surface area contributed by atoms with Crippen LogP contribution in [0.5, 0.6) is 10.8 Å². The highest BCUT2D eigenvalue weighted by atomic mass is 32.1. The summed E-state index contributed by atoms with van der Waals surface area (Å²) in [6, 6.07) is 22.4. The molecule has 4 aromatic rings. The van der Waals surface area contributed by atoms with Crippen LogP contribution in [-0.2, 0) is 0 Å². The van der Waals surface area contributed by atoms with E-state index in [9.17, 15) is 0 Å². The zero-order chi connectivity index (χ0) is 21.8. The van der Waals surface area contributed by atoms with E-state index >= 15 is 0 Å². The average Bonchev–Trinajstić information content (AvgIpc) is 3.21. The maximum absolute atomic E-state index is 6.22. The first-order chi connectivity index (χ1) is 15.7. The minimum absolute atomic E-state index is 0.723. The summed E-state index contributed by atoms with van der Waals surface area (Å²) >= 11 is 1.55. The first kappa shape index (κ1) is 20.5. The minimum Gasteiger partial charge on any atom is -0.444 e. The van der Waals surface area contributed by atoms with Crippen LogP contribution in [0.3, 0.4) is 0 Å². The number of hydrogen-bond acceptors (Lipinski definition) is 7. The second-order valence-electron chi connectivity index (χ2n) is 7.62. The monoisotopic (exact) mass is 443 g/mol. The van der Waals surface area contributed by atoms with Crippen molar-refractivity contribution in [2.75, 3.05) is 36.4 Å². The molecule has 7 heteroatoms. The Balaban J connectivity index is 1.30. The molecule has 3 heterocycles. The minimum atomic E-state index is 0.723. The number of benzene rings is 2. The third kappa shape index (κ3) is 4.74. The fourth-order valence-corrected chi connectivity index (χ4v) is 4.54. The molecular weight excluding hydrogens is 418 g/mol. The van der Waals surface area contributed by atoms with Crippen molar-refractivity contribution in [1.82, 2.24) is 15.3 Å². The number of nitrogens with one attached hydrogen (secondary N) is 2. The molecule has 1 fully saturated rings. The van der Waals surface area contributed by atoms with E-state index in [0.29, 0.717) is 0 Å². The molecule has 6 nitrogen and oxygen atoms in total. The van der Waals surface area contributed by atoms with Crippen molar-refractivity contribution >= 4 is 28.5 Å². The lowest BCUT2D eigenvalue weighted by molar-refractivity contribution is 0.496. The summed E-state index contributed by atoms with van der Waals surface area (Å²) in [6.07, 6.45) is 1.75. The number of aromatic nitrogens is 2. The number of ether oxygens (including phenoxy) is 1. The van der Waals surface area contributed by atoms with Crippen molar-refractivity contribution in [2.45, 2.75) is 6.92 Å². The molecule has 0 saturated carbocycles. The zero-order valence-corrected chi connectivity index (χ0v) is 18.7. The van der Waals surface area contributed by atoms with Crippen LogP contribution in [0.4, 0.5) is 17.2 Å².